The second kappa shape index (κ2) is 6.92. The fourth-order valence-corrected chi connectivity index (χ4v) is 3.54. The lowest BCUT2D eigenvalue weighted by molar-refractivity contribution is -0.159. The maximum Gasteiger partial charge on any atom is 0.330 e. The summed E-state index contributed by atoms with van der Waals surface area (Å²) in [6, 6.07) is 8.61. The standard InChI is InChI=1S/C18H21NO5S/c1-17(2,15(21)22)19-10-13(11-25-4)18(14(19)20,16(23)24-3)12-8-6-5-7-9-12/h5-10H,11H2,1-4H3,(H,21,22). The fourth-order valence-electron chi connectivity index (χ4n) is 2.93. The number of methoxy groups -OCH3 is 1. The Bertz CT molecular complexity index is 728. The zero-order valence-electron chi connectivity index (χ0n) is 14.6. The summed E-state index contributed by atoms with van der Waals surface area (Å²) in [4.78, 5) is 39.0. The van der Waals surface area contributed by atoms with Gasteiger partial charge in [-0.05, 0) is 31.2 Å². The Kier molecular flexibility index (Phi) is 5.27. The molecule has 7 heteroatoms. The molecule has 1 aliphatic rings. The number of carboxylic acid groups (broad SMARTS) is 1. The summed E-state index contributed by atoms with van der Waals surface area (Å²) in [6.07, 6.45) is 3.33. The number of hydrogen-bond acceptors (Lipinski definition) is 5. The lowest BCUT2D eigenvalue weighted by Gasteiger charge is -2.34. The highest BCUT2D eigenvalue weighted by Gasteiger charge is 2.60. The summed E-state index contributed by atoms with van der Waals surface area (Å²) < 4.78 is 4.98. The van der Waals surface area contributed by atoms with Crippen molar-refractivity contribution >= 4 is 29.6 Å². The minimum atomic E-state index is -1.66. The van der Waals surface area contributed by atoms with E-state index in [1.807, 2.05) is 6.26 Å². The number of rotatable bonds is 6. The summed E-state index contributed by atoms with van der Waals surface area (Å²) in [5, 5.41) is 9.53. The molecule has 1 heterocycles. The van der Waals surface area contributed by atoms with Crippen molar-refractivity contribution in [3.05, 3.63) is 47.7 Å². The molecule has 0 bridgehead atoms. The monoisotopic (exact) mass is 363 g/mol. The second-order valence-corrected chi connectivity index (χ2v) is 7.10. The Morgan fingerprint density at radius 1 is 1.28 bits per heavy atom. The van der Waals surface area contributed by atoms with Crippen LogP contribution >= 0.6 is 11.8 Å². The van der Waals surface area contributed by atoms with Crippen molar-refractivity contribution in [2.75, 3.05) is 19.1 Å². The van der Waals surface area contributed by atoms with Crippen LogP contribution in [0.1, 0.15) is 19.4 Å². The van der Waals surface area contributed by atoms with Gasteiger partial charge in [-0.1, -0.05) is 30.3 Å². The van der Waals surface area contributed by atoms with E-state index < -0.39 is 28.8 Å². The van der Waals surface area contributed by atoms with Crippen LogP contribution in [0.5, 0.6) is 0 Å². The third-order valence-corrected chi connectivity index (χ3v) is 5.03. The molecule has 6 nitrogen and oxygen atoms in total. The number of thioether (sulfide) groups is 1. The van der Waals surface area contributed by atoms with E-state index >= 15 is 0 Å². The molecule has 134 valence electrons. The second-order valence-electron chi connectivity index (χ2n) is 6.23. The van der Waals surface area contributed by atoms with Crippen LogP contribution in [-0.4, -0.2) is 52.5 Å². The van der Waals surface area contributed by atoms with E-state index in [0.717, 1.165) is 4.90 Å². The van der Waals surface area contributed by atoms with Gasteiger partial charge in [0.05, 0.1) is 7.11 Å². The van der Waals surface area contributed by atoms with Gasteiger partial charge in [0.25, 0.3) is 5.91 Å². The van der Waals surface area contributed by atoms with Gasteiger partial charge in [0.1, 0.15) is 5.54 Å². The van der Waals surface area contributed by atoms with Gasteiger partial charge in [-0.2, -0.15) is 11.8 Å². The first kappa shape index (κ1) is 19.1. The first-order valence-electron chi connectivity index (χ1n) is 7.65. The molecule has 1 aliphatic heterocycles. The molecule has 0 saturated heterocycles. The molecule has 1 aromatic rings. The van der Waals surface area contributed by atoms with E-state index in [0.29, 0.717) is 16.9 Å². The van der Waals surface area contributed by atoms with Crippen molar-refractivity contribution in [1.82, 2.24) is 4.90 Å². The van der Waals surface area contributed by atoms with Crippen LogP contribution in [0.4, 0.5) is 0 Å². The quantitative estimate of drug-likeness (QED) is 0.615. The minimum Gasteiger partial charge on any atom is -0.480 e. The number of benzene rings is 1. The molecule has 0 spiro atoms. The van der Waals surface area contributed by atoms with Crippen molar-refractivity contribution in [1.29, 1.82) is 0 Å². The van der Waals surface area contributed by atoms with Crippen LogP contribution in [0.3, 0.4) is 0 Å². The number of carbonyl (C=O) groups is 3. The maximum atomic E-state index is 13.4. The Labute approximate surface area is 150 Å². The molecule has 1 atom stereocenters. The zero-order chi connectivity index (χ0) is 18.8. The molecule has 0 aliphatic carbocycles. The number of esters is 1. The smallest absolute Gasteiger partial charge is 0.330 e. The summed E-state index contributed by atoms with van der Waals surface area (Å²) in [7, 11) is 1.22. The highest BCUT2D eigenvalue weighted by Crippen LogP contribution is 2.44. The summed E-state index contributed by atoms with van der Waals surface area (Å²) >= 11 is 1.44. The van der Waals surface area contributed by atoms with E-state index in [4.69, 9.17) is 4.74 Å². The number of carboxylic acids is 1. The van der Waals surface area contributed by atoms with Crippen molar-refractivity contribution in [2.24, 2.45) is 0 Å². The number of carbonyl (C=O) groups excluding carboxylic acids is 2. The van der Waals surface area contributed by atoms with Crippen molar-refractivity contribution in [2.45, 2.75) is 24.8 Å². The number of ether oxygens (including phenoxy) is 1. The summed E-state index contributed by atoms with van der Waals surface area (Å²) in [6.45, 7) is 2.86. The molecule has 1 unspecified atom stereocenters. The zero-order valence-corrected chi connectivity index (χ0v) is 15.4. The van der Waals surface area contributed by atoms with Gasteiger partial charge in [-0.3, -0.25) is 9.59 Å². The van der Waals surface area contributed by atoms with Gasteiger partial charge in [0, 0.05) is 12.0 Å². The average molecular weight is 363 g/mol. The average Bonchev–Trinajstić information content (AvgIpc) is 2.89. The highest BCUT2D eigenvalue weighted by molar-refractivity contribution is 7.98. The van der Waals surface area contributed by atoms with Gasteiger partial charge in [0.2, 0.25) is 0 Å². The number of hydrogen-bond donors (Lipinski definition) is 1. The van der Waals surface area contributed by atoms with Crippen LogP contribution in [0, 0.1) is 0 Å². The van der Waals surface area contributed by atoms with E-state index in [-0.39, 0.29) is 0 Å². The third kappa shape index (κ3) is 2.82. The molecule has 0 radical (unpaired) electrons. The number of aliphatic carboxylic acids is 1. The molecule has 1 aromatic carbocycles. The lowest BCUT2D eigenvalue weighted by atomic mass is 9.75. The van der Waals surface area contributed by atoms with Gasteiger partial charge in [-0.15, -0.1) is 0 Å². The van der Waals surface area contributed by atoms with E-state index in [1.165, 1.54) is 38.9 Å². The van der Waals surface area contributed by atoms with E-state index in [9.17, 15) is 19.5 Å². The molecule has 0 aromatic heterocycles. The first-order valence-corrected chi connectivity index (χ1v) is 9.05. The van der Waals surface area contributed by atoms with Gasteiger partial charge in [0.15, 0.2) is 5.41 Å². The molecular formula is C18H21NO5S. The normalized spacial score (nSPS) is 20.4. The molecule has 1 N–H and O–H groups in total. The summed E-state index contributed by atoms with van der Waals surface area (Å²) in [5.74, 6) is -2.09. The number of nitrogens with zero attached hydrogens (tertiary/aromatic N) is 1. The van der Waals surface area contributed by atoms with Crippen molar-refractivity contribution in [3.8, 4) is 0 Å². The molecular weight excluding hydrogens is 342 g/mol. The Morgan fingerprint density at radius 3 is 2.36 bits per heavy atom. The molecule has 2 rings (SSSR count). The Hall–Kier alpha value is -2.28. The fraction of sp³-hybridized carbons (Fsp3) is 0.389. The minimum absolute atomic E-state index is 0.391. The third-order valence-electron chi connectivity index (χ3n) is 4.43. The van der Waals surface area contributed by atoms with E-state index in [2.05, 4.69) is 0 Å². The first-order chi connectivity index (χ1) is 11.7. The van der Waals surface area contributed by atoms with Crippen LogP contribution in [0.25, 0.3) is 0 Å². The Balaban J connectivity index is 2.74. The predicted octanol–water partition coefficient (Wildman–Crippen LogP) is 2.05. The van der Waals surface area contributed by atoms with Crippen LogP contribution in [-0.2, 0) is 24.5 Å². The van der Waals surface area contributed by atoms with Crippen molar-refractivity contribution in [3.63, 3.8) is 0 Å². The molecule has 0 fully saturated rings. The highest BCUT2D eigenvalue weighted by atomic mass is 32.2. The lowest BCUT2D eigenvalue weighted by Crippen LogP contribution is -2.55. The number of amides is 1. The van der Waals surface area contributed by atoms with Crippen LogP contribution in [0.15, 0.2) is 42.1 Å². The predicted molar refractivity (Wildman–Crippen MR) is 95.2 cm³/mol. The maximum absolute atomic E-state index is 13.4. The topological polar surface area (TPSA) is 83.9 Å². The van der Waals surface area contributed by atoms with Gasteiger partial charge in [-0.25, -0.2) is 4.79 Å². The largest absolute Gasteiger partial charge is 0.480 e. The molecule has 0 saturated carbocycles. The van der Waals surface area contributed by atoms with Crippen LogP contribution in [0.2, 0.25) is 0 Å². The molecule has 1 amide bonds. The van der Waals surface area contributed by atoms with Crippen LogP contribution < -0.4 is 0 Å². The molecule has 25 heavy (non-hydrogen) atoms. The van der Waals surface area contributed by atoms with Gasteiger partial charge >= 0.3 is 11.9 Å². The SMILES string of the molecule is COC(=O)C1(c2ccccc2)C(=O)N(C(C)(C)C(=O)O)C=C1CSC. The Morgan fingerprint density at radius 2 is 1.88 bits per heavy atom. The van der Waals surface area contributed by atoms with Crippen molar-refractivity contribution < 1.29 is 24.2 Å². The van der Waals surface area contributed by atoms with E-state index in [1.54, 1.807) is 30.3 Å². The summed E-state index contributed by atoms with van der Waals surface area (Å²) in [5.41, 5.74) is -2.18. The van der Waals surface area contributed by atoms with Gasteiger partial charge < -0.3 is 14.7 Å².